The number of imide groups is 2. The Labute approximate surface area is 349 Å². The molecular weight excluding hydrogens is 766 g/mol. The quantitative estimate of drug-likeness (QED) is 0.205. The number of hydrogen-bond acceptors (Lipinski definition) is 8. The van der Waals surface area contributed by atoms with E-state index in [2.05, 4.69) is 61.1 Å². The standard InChI is InChI=1S/C47H48ClN5O6/c1-46(2)44(47(3,4)45(46)59-34-16-15-32(24-49)37(48)23-34)51-40(55)30-13-11-28(12-14-30)6-5-27-7-9-29(10-8-27)25-52-20-19-31-21-35-36(22-33(31)26-52)43(58)53(42(35)57)38-17-18-39(54)50-41(38)56/h11-16,21-23,27,29,38,44-45H,7-10,17-20,25-26H2,1-4H3,(H,51,55)(H,50,54,56)/t27?,29?,38?,44-,45-. The Kier molecular flexibility index (Phi) is 10.7. The number of benzene rings is 3. The summed E-state index contributed by atoms with van der Waals surface area (Å²) in [5.41, 5.74) is 3.92. The fourth-order valence-corrected chi connectivity index (χ4v) is 10.5. The van der Waals surface area contributed by atoms with Crippen molar-refractivity contribution in [2.45, 2.75) is 97.4 Å². The first kappa shape index (κ1) is 40.3. The van der Waals surface area contributed by atoms with Gasteiger partial charge in [0, 0.05) is 66.0 Å². The van der Waals surface area contributed by atoms with Gasteiger partial charge in [0.2, 0.25) is 11.8 Å². The van der Waals surface area contributed by atoms with Crippen molar-refractivity contribution in [2.24, 2.45) is 22.7 Å². The van der Waals surface area contributed by atoms with Crippen LogP contribution in [0.2, 0.25) is 5.02 Å². The number of halogens is 1. The van der Waals surface area contributed by atoms with Gasteiger partial charge in [0.05, 0.1) is 21.7 Å². The summed E-state index contributed by atoms with van der Waals surface area (Å²) in [6.45, 7) is 10.9. The van der Waals surface area contributed by atoms with Crippen molar-refractivity contribution in [3.63, 3.8) is 0 Å². The maximum absolute atomic E-state index is 13.4. The van der Waals surface area contributed by atoms with Gasteiger partial charge >= 0.3 is 0 Å². The largest absolute Gasteiger partial charge is 0.489 e. The Balaban J connectivity index is 0.809. The van der Waals surface area contributed by atoms with E-state index < -0.39 is 23.8 Å². The summed E-state index contributed by atoms with van der Waals surface area (Å²) in [6.07, 6.45) is 5.05. The number of hydrogen-bond donors (Lipinski definition) is 2. The van der Waals surface area contributed by atoms with Crippen molar-refractivity contribution in [3.05, 3.63) is 98.6 Å². The van der Waals surface area contributed by atoms with Gasteiger partial charge in [-0.25, -0.2) is 0 Å². The van der Waals surface area contributed by atoms with Gasteiger partial charge in [-0.1, -0.05) is 51.1 Å². The van der Waals surface area contributed by atoms with Crippen molar-refractivity contribution in [2.75, 3.05) is 13.1 Å². The first-order valence-electron chi connectivity index (χ1n) is 20.5. The van der Waals surface area contributed by atoms with Gasteiger partial charge in [0.25, 0.3) is 17.7 Å². The molecule has 0 spiro atoms. The van der Waals surface area contributed by atoms with Crippen LogP contribution in [0, 0.1) is 45.8 Å². The Morgan fingerprint density at radius 2 is 1.58 bits per heavy atom. The van der Waals surface area contributed by atoms with E-state index in [-0.39, 0.29) is 47.6 Å². The zero-order chi connectivity index (χ0) is 41.8. The number of amides is 5. The lowest BCUT2D eigenvalue weighted by Crippen LogP contribution is -2.74. The van der Waals surface area contributed by atoms with E-state index in [4.69, 9.17) is 16.3 Å². The molecule has 3 fully saturated rings. The van der Waals surface area contributed by atoms with Crippen LogP contribution in [-0.2, 0) is 22.6 Å². The number of piperidine rings is 1. The van der Waals surface area contributed by atoms with Crippen LogP contribution in [0.3, 0.4) is 0 Å². The van der Waals surface area contributed by atoms with Gasteiger partial charge in [0.15, 0.2) is 0 Å². The topological polar surface area (TPSA) is 149 Å². The second-order valence-electron chi connectivity index (χ2n) is 18.0. The highest BCUT2D eigenvalue weighted by Gasteiger charge is 2.64. The summed E-state index contributed by atoms with van der Waals surface area (Å²) in [4.78, 5) is 67.7. The summed E-state index contributed by atoms with van der Waals surface area (Å²) in [6, 6.07) is 17.2. The number of nitrogens with one attached hydrogen (secondary N) is 2. The molecule has 0 radical (unpaired) electrons. The van der Waals surface area contributed by atoms with Crippen LogP contribution in [-0.4, -0.2) is 70.6 Å². The minimum Gasteiger partial charge on any atom is -0.489 e. The second kappa shape index (κ2) is 15.6. The lowest BCUT2D eigenvalue weighted by molar-refractivity contribution is -0.164. The first-order chi connectivity index (χ1) is 28.1. The number of carbonyl (C=O) groups is 5. The molecule has 8 rings (SSSR count). The van der Waals surface area contributed by atoms with E-state index in [1.54, 1.807) is 18.2 Å². The molecule has 3 aliphatic heterocycles. The molecule has 59 heavy (non-hydrogen) atoms. The lowest BCUT2D eigenvalue weighted by Gasteiger charge is -2.63. The third-order valence-electron chi connectivity index (χ3n) is 13.2. The van der Waals surface area contributed by atoms with E-state index >= 15 is 0 Å². The zero-order valence-electron chi connectivity index (χ0n) is 33.8. The Hall–Kier alpha value is -5.49. The number of nitrogens with zero attached hydrogens (tertiary/aromatic N) is 3. The van der Waals surface area contributed by atoms with Crippen LogP contribution >= 0.6 is 11.6 Å². The van der Waals surface area contributed by atoms with Crippen LogP contribution in [0.4, 0.5) is 0 Å². The maximum atomic E-state index is 13.4. The van der Waals surface area contributed by atoms with Crippen LogP contribution < -0.4 is 15.4 Å². The van der Waals surface area contributed by atoms with Crippen molar-refractivity contribution < 1.29 is 28.7 Å². The highest BCUT2D eigenvalue weighted by Crippen LogP contribution is 2.55. The minimum absolute atomic E-state index is 0.0954. The van der Waals surface area contributed by atoms with Gasteiger partial charge < -0.3 is 10.1 Å². The van der Waals surface area contributed by atoms with Crippen LogP contribution in [0.5, 0.6) is 5.75 Å². The molecule has 5 aliphatic rings. The molecule has 11 nitrogen and oxygen atoms in total. The number of carbonyl (C=O) groups excluding carboxylic acids is 5. The number of ether oxygens (including phenoxy) is 1. The Bertz CT molecular complexity index is 2350. The van der Waals surface area contributed by atoms with Crippen LogP contribution in [0.15, 0.2) is 54.6 Å². The SMILES string of the molecule is CC1(C)[C@H](NC(=O)c2ccc(C#CC3CCC(CN4CCc5cc6c(cc5C4)C(=O)N(C4CCC(=O)NC4=O)C6=O)CC3)cc2)C(C)(C)[C@H]1Oc1ccc(C#N)c(Cl)c1. The van der Waals surface area contributed by atoms with Crippen LogP contribution in [0.25, 0.3) is 0 Å². The molecule has 5 amide bonds. The minimum atomic E-state index is -0.966. The predicted octanol–water partition coefficient (Wildman–Crippen LogP) is 6.44. The first-order valence-corrected chi connectivity index (χ1v) is 20.9. The van der Waals surface area contributed by atoms with E-state index in [0.29, 0.717) is 51.4 Å². The maximum Gasteiger partial charge on any atom is 0.262 e. The molecule has 0 bridgehead atoms. The normalized spacial score (nSPS) is 25.7. The molecule has 2 saturated carbocycles. The molecule has 2 N–H and O–H groups in total. The fraction of sp³-hybridized carbons (Fsp3) is 0.447. The highest BCUT2D eigenvalue weighted by atomic mass is 35.5. The molecule has 1 unspecified atom stereocenters. The van der Waals surface area contributed by atoms with Crippen LogP contribution in [0.1, 0.15) is 120 Å². The second-order valence-corrected chi connectivity index (χ2v) is 18.4. The Morgan fingerprint density at radius 3 is 2.22 bits per heavy atom. The molecule has 0 aromatic heterocycles. The fourth-order valence-electron chi connectivity index (χ4n) is 10.3. The third kappa shape index (κ3) is 7.63. The number of fused-ring (bicyclic) bond motifs is 2. The predicted molar refractivity (Wildman–Crippen MR) is 220 cm³/mol. The molecule has 12 heteroatoms. The van der Waals surface area contributed by atoms with E-state index in [9.17, 15) is 29.2 Å². The molecule has 3 heterocycles. The smallest absolute Gasteiger partial charge is 0.262 e. The molecular formula is C47H48ClN5O6. The molecule has 1 saturated heterocycles. The van der Waals surface area contributed by atoms with Crippen molar-refractivity contribution in [3.8, 4) is 23.7 Å². The summed E-state index contributed by atoms with van der Waals surface area (Å²) in [5.74, 6) is 6.23. The van der Waals surface area contributed by atoms with Gasteiger partial charge in [-0.05, 0) is 104 Å². The average Bonchev–Trinajstić information content (AvgIpc) is 3.45. The van der Waals surface area contributed by atoms with E-state index in [1.807, 2.05) is 36.4 Å². The zero-order valence-corrected chi connectivity index (χ0v) is 34.6. The summed E-state index contributed by atoms with van der Waals surface area (Å²) >= 11 is 6.24. The number of nitriles is 1. The van der Waals surface area contributed by atoms with E-state index in [1.165, 1.54) is 0 Å². The van der Waals surface area contributed by atoms with Gasteiger partial charge in [-0.15, -0.1) is 0 Å². The summed E-state index contributed by atoms with van der Waals surface area (Å²) < 4.78 is 6.37. The number of rotatable bonds is 7. The Morgan fingerprint density at radius 1 is 0.898 bits per heavy atom. The van der Waals surface area contributed by atoms with Gasteiger partial charge in [0.1, 0.15) is 24.0 Å². The summed E-state index contributed by atoms with van der Waals surface area (Å²) in [7, 11) is 0. The molecule has 3 aromatic carbocycles. The molecule has 3 aromatic rings. The van der Waals surface area contributed by atoms with Crippen molar-refractivity contribution >= 4 is 41.1 Å². The third-order valence-corrected chi connectivity index (χ3v) is 13.5. The van der Waals surface area contributed by atoms with Crippen molar-refractivity contribution in [1.29, 1.82) is 5.26 Å². The summed E-state index contributed by atoms with van der Waals surface area (Å²) in [5, 5.41) is 15.1. The monoisotopic (exact) mass is 813 g/mol. The lowest BCUT2D eigenvalue weighted by atomic mass is 9.49. The van der Waals surface area contributed by atoms with Gasteiger partial charge in [-0.3, -0.25) is 39.1 Å². The average molecular weight is 814 g/mol. The highest BCUT2D eigenvalue weighted by molar-refractivity contribution is 6.31. The van der Waals surface area contributed by atoms with E-state index in [0.717, 1.165) is 66.8 Å². The molecule has 1 atom stereocenters. The molecule has 304 valence electrons. The van der Waals surface area contributed by atoms with Gasteiger partial charge in [-0.2, -0.15) is 5.26 Å². The molecule has 2 aliphatic carbocycles. The van der Waals surface area contributed by atoms with Crippen molar-refractivity contribution in [1.82, 2.24) is 20.4 Å².